The molecule has 0 heterocycles. The van der Waals surface area contributed by atoms with E-state index < -0.39 is 0 Å². The van der Waals surface area contributed by atoms with E-state index >= 15 is 0 Å². The van der Waals surface area contributed by atoms with Gasteiger partial charge in [-0.1, -0.05) is 84.3 Å². The van der Waals surface area contributed by atoms with E-state index in [0.717, 1.165) is 16.7 Å². The Labute approximate surface area is 148 Å². The van der Waals surface area contributed by atoms with E-state index in [1.807, 2.05) is 60.7 Å². The molecule has 0 spiro atoms. The maximum atomic E-state index is 3.42. The molecular weight excluding hydrogens is 300 g/mol. The predicted molar refractivity (Wildman–Crippen MR) is 104 cm³/mol. The minimum absolute atomic E-state index is 0.0348. The van der Waals surface area contributed by atoms with Crippen LogP contribution in [-0.2, 0) is 0 Å². The molecule has 0 heteroatoms. The summed E-state index contributed by atoms with van der Waals surface area (Å²) >= 11 is 0. The van der Waals surface area contributed by atoms with Gasteiger partial charge in [-0.25, -0.2) is 0 Å². The number of fused-ring (bicyclic) bond motifs is 1. The quantitative estimate of drug-likeness (QED) is 0.496. The first kappa shape index (κ1) is 15.1. The molecule has 4 rings (SSSR count). The first-order valence-corrected chi connectivity index (χ1v) is 8.34. The Kier molecular flexibility index (Phi) is 4.20. The van der Waals surface area contributed by atoms with Gasteiger partial charge in [0.2, 0.25) is 0 Å². The minimum Gasteiger partial charge on any atom is -0.0841 e. The van der Waals surface area contributed by atoms with Crippen LogP contribution in [0.5, 0.6) is 0 Å². The van der Waals surface area contributed by atoms with Crippen LogP contribution < -0.4 is 0 Å². The minimum atomic E-state index is 0.0348. The highest BCUT2D eigenvalue weighted by Crippen LogP contribution is 2.35. The number of hydrogen-bond acceptors (Lipinski definition) is 0. The normalized spacial score (nSPS) is 14.4. The molecule has 3 aromatic carbocycles. The van der Waals surface area contributed by atoms with Gasteiger partial charge >= 0.3 is 0 Å². The maximum absolute atomic E-state index is 3.42. The Morgan fingerprint density at radius 1 is 0.560 bits per heavy atom. The van der Waals surface area contributed by atoms with Gasteiger partial charge in [0.1, 0.15) is 0 Å². The zero-order valence-electron chi connectivity index (χ0n) is 13.7. The summed E-state index contributed by atoms with van der Waals surface area (Å²) in [5.41, 5.74) is 5.57. The van der Waals surface area contributed by atoms with Gasteiger partial charge in [-0.3, -0.25) is 0 Å². The average molecular weight is 316 g/mol. The van der Waals surface area contributed by atoms with E-state index in [1.54, 1.807) is 0 Å². The molecule has 0 bridgehead atoms. The number of allylic oxidation sites excluding steroid dienone is 1. The molecule has 1 atom stereocenters. The topological polar surface area (TPSA) is 0 Å². The molecule has 0 nitrogen and oxygen atoms in total. The molecule has 0 saturated heterocycles. The lowest BCUT2D eigenvalue weighted by molar-refractivity contribution is 1.11. The van der Waals surface area contributed by atoms with Crippen LogP contribution in [0.1, 0.15) is 28.2 Å². The Hall–Kier alpha value is -3.48. The Morgan fingerprint density at radius 2 is 1.16 bits per heavy atom. The van der Waals surface area contributed by atoms with Crippen molar-refractivity contribution in [3.05, 3.63) is 113 Å². The summed E-state index contributed by atoms with van der Waals surface area (Å²) in [7, 11) is 0. The second-order valence-electron chi connectivity index (χ2n) is 5.91. The van der Waals surface area contributed by atoms with E-state index in [2.05, 4.69) is 54.0 Å². The summed E-state index contributed by atoms with van der Waals surface area (Å²) in [6, 6.07) is 28.6. The lowest BCUT2D eigenvalue weighted by Gasteiger charge is -2.05. The first-order chi connectivity index (χ1) is 12.4. The Bertz CT molecular complexity index is 1030. The Morgan fingerprint density at radius 3 is 1.88 bits per heavy atom. The second-order valence-corrected chi connectivity index (χ2v) is 5.91. The fourth-order valence-corrected chi connectivity index (χ4v) is 2.93. The van der Waals surface area contributed by atoms with Crippen LogP contribution in [0.15, 0.2) is 90.5 Å². The van der Waals surface area contributed by atoms with Gasteiger partial charge in [-0.05, 0) is 41.5 Å². The van der Waals surface area contributed by atoms with Crippen molar-refractivity contribution in [3.63, 3.8) is 0 Å². The molecule has 0 saturated carbocycles. The summed E-state index contributed by atoms with van der Waals surface area (Å²) in [4.78, 5) is 0. The monoisotopic (exact) mass is 316 g/mol. The fourth-order valence-electron chi connectivity index (χ4n) is 2.93. The fraction of sp³-hybridized carbons (Fsp3) is 0.0400. The second kappa shape index (κ2) is 6.96. The summed E-state index contributed by atoms with van der Waals surface area (Å²) in [6.07, 6.45) is 2.16. The summed E-state index contributed by atoms with van der Waals surface area (Å²) < 4.78 is 0. The average Bonchev–Trinajstić information content (AvgIpc) is 3.04. The highest BCUT2D eigenvalue weighted by molar-refractivity contribution is 5.74. The van der Waals surface area contributed by atoms with Crippen molar-refractivity contribution < 1.29 is 0 Å². The van der Waals surface area contributed by atoms with E-state index in [9.17, 15) is 0 Å². The third-order valence-corrected chi connectivity index (χ3v) is 4.19. The maximum Gasteiger partial charge on any atom is 0.0790 e. The van der Waals surface area contributed by atoms with E-state index in [4.69, 9.17) is 0 Å². The van der Waals surface area contributed by atoms with E-state index in [-0.39, 0.29) is 5.92 Å². The lowest BCUT2D eigenvalue weighted by atomic mass is 9.96. The molecule has 0 aromatic heterocycles. The SMILES string of the molecule is C(#Cc1ccccc1)C1=Cc2ccccc2C1C#Cc1ccccc1. The predicted octanol–water partition coefficient (Wildman–Crippen LogP) is 5.27. The molecule has 116 valence electrons. The van der Waals surface area contributed by atoms with Crippen molar-refractivity contribution >= 4 is 6.08 Å². The van der Waals surface area contributed by atoms with Crippen LogP contribution in [0, 0.1) is 23.7 Å². The van der Waals surface area contributed by atoms with E-state index in [0.29, 0.717) is 0 Å². The van der Waals surface area contributed by atoms with Gasteiger partial charge in [0.15, 0.2) is 0 Å². The molecule has 0 aliphatic heterocycles. The smallest absolute Gasteiger partial charge is 0.0790 e. The molecular formula is C25H16. The third-order valence-electron chi connectivity index (χ3n) is 4.19. The van der Waals surface area contributed by atoms with Gasteiger partial charge < -0.3 is 0 Å². The van der Waals surface area contributed by atoms with Crippen molar-refractivity contribution in [1.82, 2.24) is 0 Å². The van der Waals surface area contributed by atoms with Crippen LogP contribution >= 0.6 is 0 Å². The van der Waals surface area contributed by atoms with Gasteiger partial charge in [-0.15, -0.1) is 0 Å². The van der Waals surface area contributed by atoms with Crippen LogP contribution in [0.4, 0.5) is 0 Å². The number of rotatable bonds is 0. The highest BCUT2D eigenvalue weighted by Gasteiger charge is 2.21. The molecule has 3 aromatic rings. The molecule has 0 fully saturated rings. The largest absolute Gasteiger partial charge is 0.0841 e. The van der Waals surface area contributed by atoms with Gasteiger partial charge in [-0.2, -0.15) is 0 Å². The zero-order chi connectivity index (χ0) is 16.9. The summed E-state index contributed by atoms with van der Waals surface area (Å²) in [6.45, 7) is 0. The summed E-state index contributed by atoms with van der Waals surface area (Å²) in [5.74, 6) is 13.4. The highest BCUT2D eigenvalue weighted by atomic mass is 14.2. The molecule has 1 unspecified atom stereocenters. The first-order valence-electron chi connectivity index (χ1n) is 8.34. The number of benzene rings is 3. The van der Waals surface area contributed by atoms with Crippen molar-refractivity contribution in [2.75, 3.05) is 0 Å². The van der Waals surface area contributed by atoms with Crippen LogP contribution in [-0.4, -0.2) is 0 Å². The van der Waals surface area contributed by atoms with Crippen LogP contribution in [0.2, 0.25) is 0 Å². The third kappa shape index (κ3) is 3.40. The molecule has 0 N–H and O–H groups in total. The van der Waals surface area contributed by atoms with Gasteiger partial charge in [0.05, 0.1) is 5.92 Å². The van der Waals surface area contributed by atoms with Crippen molar-refractivity contribution in [1.29, 1.82) is 0 Å². The lowest BCUT2D eigenvalue weighted by Crippen LogP contribution is -1.94. The molecule has 0 radical (unpaired) electrons. The van der Waals surface area contributed by atoms with Crippen molar-refractivity contribution in [2.45, 2.75) is 5.92 Å². The van der Waals surface area contributed by atoms with Crippen molar-refractivity contribution in [3.8, 4) is 23.7 Å². The standard InChI is InChI=1S/C25H16/c1-3-9-20(10-4-1)15-17-23-19-22-13-7-8-14-24(22)25(23)18-16-21-11-5-2-6-12-21/h1-14,19,25H. The summed E-state index contributed by atoms with van der Waals surface area (Å²) in [5, 5.41) is 0. The molecule has 25 heavy (non-hydrogen) atoms. The van der Waals surface area contributed by atoms with Crippen LogP contribution in [0.25, 0.3) is 6.08 Å². The van der Waals surface area contributed by atoms with Gasteiger partial charge in [0.25, 0.3) is 0 Å². The van der Waals surface area contributed by atoms with Gasteiger partial charge in [0, 0.05) is 16.7 Å². The van der Waals surface area contributed by atoms with E-state index in [1.165, 1.54) is 11.1 Å². The van der Waals surface area contributed by atoms with Crippen molar-refractivity contribution in [2.24, 2.45) is 0 Å². The molecule has 1 aliphatic rings. The molecule has 0 amide bonds. The van der Waals surface area contributed by atoms with Crippen LogP contribution in [0.3, 0.4) is 0 Å². The molecule has 1 aliphatic carbocycles. The number of hydrogen-bond donors (Lipinski definition) is 0. The Balaban J connectivity index is 1.71. The zero-order valence-corrected chi connectivity index (χ0v) is 13.7.